The van der Waals surface area contributed by atoms with Gasteiger partial charge < -0.3 is 14.2 Å². The van der Waals surface area contributed by atoms with Crippen molar-refractivity contribution in [2.75, 3.05) is 19.8 Å². The summed E-state index contributed by atoms with van der Waals surface area (Å²) in [6.07, 6.45) is 79.7. The van der Waals surface area contributed by atoms with Crippen molar-refractivity contribution >= 4 is 11.9 Å². The van der Waals surface area contributed by atoms with Crippen LogP contribution < -0.4 is 0 Å². The minimum atomic E-state index is -0.581. The summed E-state index contributed by atoms with van der Waals surface area (Å²) in [6, 6.07) is 0. The van der Waals surface area contributed by atoms with Crippen LogP contribution in [0.5, 0.6) is 0 Å². The molecular weight excluding hydrogens is 837 g/mol. The molecular formula is C63H106O5. The van der Waals surface area contributed by atoms with E-state index in [2.05, 4.69) is 130 Å². The Morgan fingerprint density at radius 3 is 1.10 bits per heavy atom. The molecule has 0 fully saturated rings. The van der Waals surface area contributed by atoms with Gasteiger partial charge in [-0.15, -0.1) is 0 Å². The van der Waals surface area contributed by atoms with Crippen LogP contribution in [-0.4, -0.2) is 37.9 Å². The van der Waals surface area contributed by atoms with E-state index < -0.39 is 6.10 Å². The van der Waals surface area contributed by atoms with Gasteiger partial charge in [0.05, 0.1) is 6.61 Å². The molecule has 388 valence electrons. The lowest BCUT2D eigenvalue weighted by molar-refractivity contribution is -0.163. The number of unbranched alkanes of at least 4 members (excludes halogenated alkanes) is 22. The van der Waals surface area contributed by atoms with E-state index in [0.29, 0.717) is 19.4 Å². The highest BCUT2D eigenvalue weighted by Gasteiger charge is 2.17. The minimum Gasteiger partial charge on any atom is -0.462 e. The zero-order valence-electron chi connectivity index (χ0n) is 44.6. The number of esters is 2. The Bertz CT molecular complexity index is 1340. The zero-order valence-corrected chi connectivity index (χ0v) is 44.6. The lowest BCUT2D eigenvalue weighted by Crippen LogP contribution is -2.30. The molecule has 0 aromatic rings. The fraction of sp³-hybridized carbons (Fsp3) is 0.683. The first-order chi connectivity index (χ1) is 33.6. The number of hydrogen-bond donors (Lipinski definition) is 0. The van der Waals surface area contributed by atoms with Gasteiger partial charge in [0.25, 0.3) is 0 Å². The topological polar surface area (TPSA) is 61.8 Å². The summed E-state index contributed by atoms with van der Waals surface area (Å²) in [5, 5.41) is 0. The Balaban J connectivity index is 4.42. The number of hydrogen-bond acceptors (Lipinski definition) is 5. The van der Waals surface area contributed by atoms with Crippen LogP contribution in [0.1, 0.15) is 252 Å². The Labute approximate surface area is 421 Å². The van der Waals surface area contributed by atoms with Gasteiger partial charge in [-0.3, -0.25) is 9.59 Å². The molecule has 0 saturated heterocycles. The average molecular weight is 944 g/mol. The smallest absolute Gasteiger partial charge is 0.306 e. The van der Waals surface area contributed by atoms with Crippen LogP contribution >= 0.6 is 0 Å². The van der Waals surface area contributed by atoms with E-state index in [-0.39, 0.29) is 25.2 Å². The van der Waals surface area contributed by atoms with E-state index in [0.717, 1.165) is 103 Å². The molecule has 0 aromatic carbocycles. The van der Waals surface area contributed by atoms with Crippen LogP contribution in [0.25, 0.3) is 0 Å². The molecule has 0 aliphatic heterocycles. The average Bonchev–Trinajstić information content (AvgIpc) is 3.34. The first kappa shape index (κ1) is 64.6. The predicted octanol–water partition coefficient (Wildman–Crippen LogP) is 19.6. The Hall–Kier alpha value is -3.44. The van der Waals surface area contributed by atoms with Gasteiger partial charge in [-0.1, -0.05) is 226 Å². The number of ether oxygens (including phenoxy) is 3. The van der Waals surface area contributed by atoms with Crippen LogP contribution in [-0.2, 0) is 23.8 Å². The van der Waals surface area contributed by atoms with E-state index in [4.69, 9.17) is 14.2 Å². The lowest BCUT2D eigenvalue weighted by atomic mass is 10.1. The molecule has 1 atom stereocenters. The lowest BCUT2D eigenvalue weighted by Gasteiger charge is -2.18. The third-order valence-electron chi connectivity index (χ3n) is 11.8. The highest BCUT2D eigenvalue weighted by Crippen LogP contribution is 2.13. The van der Waals surface area contributed by atoms with Crippen molar-refractivity contribution in [3.8, 4) is 0 Å². The molecule has 0 amide bonds. The van der Waals surface area contributed by atoms with Crippen molar-refractivity contribution in [2.45, 2.75) is 258 Å². The highest BCUT2D eigenvalue weighted by atomic mass is 16.6. The second-order valence-electron chi connectivity index (χ2n) is 18.4. The van der Waals surface area contributed by atoms with Crippen LogP contribution in [0.2, 0.25) is 0 Å². The van der Waals surface area contributed by atoms with Gasteiger partial charge in [0.1, 0.15) is 6.61 Å². The fourth-order valence-electron chi connectivity index (χ4n) is 7.55. The normalized spacial score (nSPS) is 13.0. The van der Waals surface area contributed by atoms with Crippen molar-refractivity contribution in [2.24, 2.45) is 0 Å². The van der Waals surface area contributed by atoms with Crippen molar-refractivity contribution in [3.63, 3.8) is 0 Å². The van der Waals surface area contributed by atoms with Gasteiger partial charge in [-0.2, -0.15) is 0 Å². The first-order valence-electron chi connectivity index (χ1n) is 28.4. The monoisotopic (exact) mass is 943 g/mol. The molecule has 68 heavy (non-hydrogen) atoms. The number of carbonyl (C=O) groups excluding carboxylic acids is 2. The van der Waals surface area contributed by atoms with Crippen molar-refractivity contribution < 1.29 is 23.8 Å². The van der Waals surface area contributed by atoms with E-state index in [1.807, 2.05) is 0 Å². The van der Waals surface area contributed by atoms with E-state index in [1.54, 1.807) is 0 Å². The molecule has 0 saturated carbocycles. The van der Waals surface area contributed by atoms with Crippen LogP contribution in [0.15, 0.2) is 109 Å². The second-order valence-corrected chi connectivity index (χ2v) is 18.4. The summed E-state index contributed by atoms with van der Waals surface area (Å²) in [6.45, 7) is 7.53. The summed E-state index contributed by atoms with van der Waals surface area (Å²) in [7, 11) is 0. The Kier molecular flexibility index (Phi) is 54.9. The quantitative estimate of drug-likeness (QED) is 0.0345. The molecule has 0 spiro atoms. The third-order valence-corrected chi connectivity index (χ3v) is 11.8. The van der Waals surface area contributed by atoms with Crippen LogP contribution in [0, 0.1) is 0 Å². The van der Waals surface area contributed by atoms with Gasteiger partial charge in [0.2, 0.25) is 0 Å². The van der Waals surface area contributed by atoms with E-state index in [1.165, 1.54) is 116 Å². The van der Waals surface area contributed by atoms with Gasteiger partial charge in [0, 0.05) is 19.4 Å². The van der Waals surface area contributed by atoms with Crippen molar-refractivity contribution in [1.29, 1.82) is 0 Å². The SMILES string of the molecule is CC/C=C\C/C=C\C/C=C\C/C=C\C/C=C\C/C=C\CCCOCC(COC(=O)CCCCCCCCC/C=C\C/C=C\CCCCC)OC(=O)CCCCCCC/C=C\CCCCCCCC. The fourth-order valence-corrected chi connectivity index (χ4v) is 7.55. The summed E-state index contributed by atoms with van der Waals surface area (Å²) < 4.78 is 17.4. The largest absolute Gasteiger partial charge is 0.462 e. The molecule has 0 rings (SSSR count). The van der Waals surface area contributed by atoms with Gasteiger partial charge in [-0.25, -0.2) is 0 Å². The molecule has 0 radical (unpaired) electrons. The Morgan fingerprint density at radius 1 is 0.338 bits per heavy atom. The molecule has 0 aliphatic carbocycles. The zero-order chi connectivity index (χ0) is 49.2. The van der Waals surface area contributed by atoms with Crippen LogP contribution in [0.3, 0.4) is 0 Å². The molecule has 5 nitrogen and oxygen atoms in total. The number of allylic oxidation sites excluding steroid dienone is 18. The van der Waals surface area contributed by atoms with Crippen molar-refractivity contribution in [1.82, 2.24) is 0 Å². The molecule has 1 unspecified atom stereocenters. The van der Waals surface area contributed by atoms with Gasteiger partial charge in [-0.05, 0) is 122 Å². The summed E-state index contributed by atoms with van der Waals surface area (Å²) in [4.78, 5) is 25.5. The third kappa shape index (κ3) is 55.2. The standard InChI is InChI=1S/C63H106O5/c1-4-7-10-13-16-19-22-25-28-30-31-32-34-37-40-43-46-49-52-55-58-66-59-61(68-63(65)57-54-51-48-45-42-39-35-27-24-21-18-15-12-9-6-3)60-67-62(64)56-53-50-47-44-41-38-36-33-29-26-23-20-17-14-11-8-5-2/h7,10,16-17,19-20,25-29,31-32,35,37,40,46,49,61H,4-6,8-9,11-15,18,21-24,30,33-34,36,38-39,41-45,47-48,50-60H2,1-3H3/b10-7-,19-16-,20-17-,28-25-,29-26-,32-31-,35-27-,40-37-,49-46-. The molecule has 0 aliphatic rings. The highest BCUT2D eigenvalue weighted by molar-refractivity contribution is 5.70. The summed E-state index contributed by atoms with van der Waals surface area (Å²) in [5.41, 5.74) is 0. The Morgan fingerprint density at radius 2 is 0.662 bits per heavy atom. The van der Waals surface area contributed by atoms with Crippen molar-refractivity contribution in [3.05, 3.63) is 109 Å². The molecule has 0 bridgehead atoms. The van der Waals surface area contributed by atoms with Gasteiger partial charge in [0.15, 0.2) is 6.10 Å². The summed E-state index contributed by atoms with van der Waals surface area (Å²) >= 11 is 0. The van der Waals surface area contributed by atoms with E-state index >= 15 is 0 Å². The molecule has 0 N–H and O–H groups in total. The summed E-state index contributed by atoms with van der Waals surface area (Å²) in [5.74, 6) is -0.449. The number of rotatable bonds is 51. The molecule has 0 heterocycles. The maximum Gasteiger partial charge on any atom is 0.306 e. The maximum atomic E-state index is 12.8. The predicted molar refractivity (Wildman–Crippen MR) is 297 cm³/mol. The maximum absolute atomic E-state index is 12.8. The first-order valence-corrected chi connectivity index (χ1v) is 28.4. The van der Waals surface area contributed by atoms with Crippen LogP contribution in [0.4, 0.5) is 0 Å². The molecule has 5 heteroatoms. The van der Waals surface area contributed by atoms with Gasteiger partial charge >= 0.3 is 11.9 Å². The molecule has 0 aromatic heterocycles. The minimum absolute atomic E-state index is 0.0494. The number of carbonyl (C=O) groups is 2. The van der Waals surface area contributed by atoms with E-state index in [9.17, 15) is 9.59 Å². The second kappa shape index (κ2) is 57.9.